The molecule has 0 aliphatic carbocycles. The van der Waals surface area contributed by atoms with Crippen molar-refractivity contribution < 1.29 is 27.2 Å². The van der Waals surface area contributed by atoms with Gasteiger partial charge in [0.15, 0.2) is 0 Å². The van der Waals surface area contributed by atoms with Crippen LogP contribution in [0.5, 0.6) is 5.75 Å². The number of rotatable bonds is 5. The zero-order chi connectivity index (χ0) is 25.4. The Labute approximate surface area is 203 Å². The van der Waals surface area contributed by atoms with Crippen LogP contribution in [0.4, 0.5) is 23.7 Å². The molecule has 0 saturated carbocycles. The van der Waals surface area contributed by atoms with Gasteiger partial charge in [-0.3, -0.25) is 4.90 Å². The average molecular weight is 492 g/mol. The predicted octanol–water partition coefficient (Wildman–Crippen LogP) is 5.86. The molecule has 7 nitrogen and oxygen atoms in total. The summed E-state index contributed by atoms with van der Waals surface area (Å²) in [6.07, 6.45) is 0. The number of allylic oxidation sites excluding steroid dienone is 1. The lowest BCUT2D eigenvalue weighted by molar-refractivity contribution is 0.244. The Morgan fingerprint density at radius 2 is 1.69 bits per heavy atom. The summed E-state index contributed by atoms with van der Waals surface area (Å²) in [6.45, 7) is 1.58. The van der Waals surface area contributed by atoms with E-state index in [0.29, 0.717) is 28.5 Å². The number of carbonyl (C=O) groups excluding carboxylic acids is 1. The van der Waals surface area contributed by atoms with Gasteiger partial charge in [-0.15, -0.1) is 0 Å². The maximum Gasteiger partial charge on any atom is 0.327 e. The quantitative estimate of drug-likeness (QED) is 0.377. The first-order valence-corrected chi connectivity index (χ1v) is 10.9. The van der Waals surface area contributed by atoms with E-state index in [1.165, 1.54) is 18.2 Å². The van der Waals surface area contributed by atoms with E-state index in [-0.39, 0.29) is 23.1 Å². The predicted molar refractivity (Wildman–Crippen MR) is 125 cm³/mol. The van der Waals surface area contributed by atoms with Crippen molar-refractivity contribution in [1.82, 2.24) is 15.5 Å². The number of methoxy groups -OCH3 is 1. The number of halogens is 3. The van der Waals surface area contributed by atoms with Crippen LogP contribution in [-0.2, 0) is 0 Å². The van der Waals surface area contributed by atoms with Crippen LogP contribution < -0.4 is 15.0 Å². The Balaban J connectivity index is 1.65. The second-order valence-corrected chi connectivity index (χ2v) is 8.05. The Hall–Kier alpha value is -4.60. The molecule has 36 heavy (non-hydrogen) atoms. The van der Waals surface area contributed by atoms with Gasteiger partial charge >= 0.3 is 6.03 Å². The fourth-order valence-corrected chi connectivity index (χ4v) is 4.13. The topological polar surface area (TPSA) is 80.5 Å². The number of nitrogens with zero attached hydrogens (tertiary/aromatic N) is 3. The maximum absolute atomic E-state index is 14.1. The second kappa shape index (κ2) is 9.21. The molecule has 10 heteroatoms. The molecule has 1 N–H and O–H groups in total. The van der Waals surface area contributed by atoms with Crippen LogP contribution in [0.3, 0.4) is 0 Å². The van der Waals surface area contributed by atoms with Gasteiger partial charge in [0, 0.05) is 17.3 Å². The van der Waals surface area contributed by atoms with Crippen LogP contribution in [0.2, 0.25) is 0 Å². The van der Waals surface area contributed by atoms with Crippen molar-refractivity contribution in [3.8, 4) is 17.1 Å². The minimum absolute atomic E-state index is 0.0346. The number of nitrogens with one attached hydrogen (secondary N) is 1. The van der Waals surface area contributed by atoms with Crippen LogP contribution in [0.25, 0.3) is 17.0 Å². The summed E-state index contributed by atoms with van der Waals surface area (Å²) >= 11 is 0. The van der Waals surface area contributed by atoms with Crippen LogP contribution in [0.15, 0.2) is 77.0 Å². The fraction of sp³-hybridized carbons (Fsp3) is 0.115. The van der Waals surface area contributed by atoms with Gasteiger partial charge in [-0.1, -0.05) is 17.3 Å². The molecular weight excluding hydrogens is 473 g/mol. The Bertz CT molecular complexity index is 1460. The van der Waals surface area contributed by atoms with E-state index in [4.69, 9.17) is 9.26 Å². The van der Waals surface area contributed by atoms with Crippen molar-refractivity contribution in [1.29, 1.82) is 0 Å². The molecule has 0 bridgehead atoms. The van der Waals surface area contributed by atoms with Gasteiger partial charge in [0.25, 0.3) is 5.89 Å². The smallest absolute Gasteiger partial charge is 0.327 e. The molecule has 182 valence electrons. The second-order valence-electron chi connectivity index (χ2n) is 8.05. The normalized spacial score (nSPS) is 15.8. The molecule has 2 amide bonds. The highest BCUT2D eigenvalue weighted by molar-refractivity contribution is 6.01. The van der Waals surface area contributed by atoms with Crippen molar-refractivity contribution in [2.45, 2.75) is 13.0 Å². The molecule has 0 spiro atoms. The molecule has 2 heterocycles. The summed E-state index contributed by atoms with van der Waals surface area (Å²) in [7, 11) is 1.55. The van der Waals surface area contributed by atoms with Crippen molar-refractivity contribution in [2.75, 3.05) is 12.0 Å². The molecule has 0 radical (unpaired) electrons. The van der Waals surface area contributed by atoms with Gasteiger partial charge < -0.3 is 14.6 Å². The standard InChI is InChI=1S/C26H19F3N4O3/c1-14-22(25-31-24(32-36-25)15-6-8-21(35-2)9-7-15)23(16-4-3-5-17(27)10-16)30-26(34)33(14)20-12-18(28)11-19(29)13-20/h3-13,23H,1-2H3,(H,30,34). The lowest BCUT2D eigenvalue weighted by atomic mass is 9.94. The Morgan fingerprint density at radius 3 is 2.36 bits per heavy atom. The number of amides is 2. The Morgan fingerprint density at radius 1 is 0.972 bits per heavy atom. The minimum atomic E-state index is -0.868. The van der Waals surface area contributed by atoms with Crippen LogP contribution in [-0.4, -0.2) is 23.3 Å². The molecule has 0 fully saturated rings. The number of hydrogen-bond acceptors (Lipinski definition) is 5. The molecule has 1 aliphatic heterocycles. The van der Waals surface area contributed by atoms with Gasteiger partial charge in [0.05, 0.1) is 24.4 Å². The highest BCUT2D eigenvalue weighted by Gasteiger charge is 2.37. The number of hydrogen-bond donors (Lipinski definition) is 1. The van der Waals surface area contributed by atoms with E-state index >= 15 is 0 Å². The molecule has 5 rings (SSSR count). The van der Waals surface area contributed by atoms with E-state index in [2.05, 4.69) is 15.5 Å². The number of urea groups is 1. The third kappa shape index (κ3) is 4.28. The molecule has 1 aromatic heterocycles. The summed E-state index contributed by atoms with van der Waals surface area (Å²) in [5, 5.41) is 6.82. The summed E-state index contributed by atoms with van der Waals surface area (Å²) in [5.41, 5.74) is 1.66. The molecule has 1 aliphatic rings. The summed E-state index contributed by atoms with van der Waals surface area (Å²) in [5.74, 6) is -1.23. The van der Waals surface area contributed by atoms with Crippen molar-refractivity contribution in [2.24, 2.45) is 0 Å². The van der Waals surface area contributed by atoms with Gasteiger partial charge in [-0.25, -0.2) is 18.0 Å². The first kappa shape index (κ1) is 23.2. The van der Waals surface area contributed by atoms with Crippen molar-refractivity contribution >= 4 is 17.3 Å². The third-order valence-corrected chi connectivity index (χ3v) is 5.78. The number of aromatic nitrogens is 2. The van der Waals surface area contributed by atoms with Gasteiger partial charge in [-0.2, -0.15) is 4.98 Å². The maximum atomic E-state index is 14.1. The number of ether oxygens (including phenoxy) is 1. The zero-order valence-corrected chi connectivity index (χ0v) is 19.1. The van der Waals surface area contributed by atoms with Crippen LogP contribution >= 0.6 is 0 Å². The summed E-state index contributed by atoms with van der Waals surface area (Å²) < 4.78 is 52.8. The minimum Gasteiger partial charge on any atom is -0.497 e. The molecule has 1 unspecified atom stereocenters. The van der Waals surface area contributed by atoms with E-state index < -0.39 is 29.5 Å². The zero-order valence-electron chi connectivity index (χ0n) is 19.1. The molecular formula is C26H19F3N4O3. The first-order chi connectivity index (χ1) is 17.3. The van der Waals surface area contributed by atoms with E-state index in [0.717, 1.165) is 17.0 Å². The lowest BCUT2D eigenvalue weighted by Crippen LogP contribution is -2.46. The third-order valence-electron chi connectivity index (χ3n) is 5.78. The largest absolute Gasteiger partial charge is 0.497 e. The summed E-state index contributed by atoms with van der Waals surface area (Å²) in [4.78, 5) is 18.7. The highest BCUT2D eigenvalue weighted by Crippen LogP contribution is 2.39. The monoisotopic (exact) mass is 492 g/mol. The lowest BCUT2D eigenvalue weighted by Gasteiger charge is -2.35. The fourth-order valence-electron chi connectivity index (χ4n) is 4.13. The number of carbonyl (C=O) groups is 1. The highest BCUT2D eigenvalue weighted by atomic mass is 19.1. The Kier molecular flexibility index (Phi) is 5.93. The van der Waals surface area contributed by atoms with Gasteiger partial charge in [-0.05, 0) is 61.0 Å². The van der Waals surface area contributed by atoms with Crippen LogP contribution in [0, 0.1) is 17.5 Å². The number of benzene rings is 3. The molecule has 4 aromatic rings. The van der Waals surface area contributed by atoms with E-state index in [1.54, 1.807) is 44.4 Å². The number of anilines is 1. The van der Waals surface area contributed by atoms with E-state index in [1.807, 2.05) is 0 Å². The van der Waals surface area contributed by atoms with Crippen molar-refractivity contribution in [3.05, 3.63) is 101 Å². The SMILES string of the molecule is COc1ccc(-c2noc(C3=C(C)N(c4cc(F)cc(F)c4)C(=O)NC3c3cccc(F)c3)n2)cc1. The molecule has 1 atom stereocenters. The first-order valence-electron chi connectivity index (χ1n) is 10.9. The molecule has 3 aromatic carbocycles. The van der Waals surface area contributed by atoms with Crippen LogP contribution in [0.1, 0.15) is 24.4 Å². The molecule has 0 saturated heterocycles. The van der Waals surface area contributed by atoms with Gasteiger partial charge in [0.2, 0.25) is 5.82 Å². The summed E-state index contributed by atoms with van der Waals surface area (Å²) in [6, 6.07) is 13.9. The van der Waals surface area contributed by atoms with Crippen molar-refractivity contribution in [3.63, 3.8) is 0 Å². The van der Waals surface area contributed by atoms with E-state index in [9.17, 15) is 18.0 Å². The average Bonchev–Trinajstić information content (AvgIpc) is 3.33. The van der Waals surface area contributed by atoms with Gasteiger partial charge in [0.1, 0.15) is 23.2 Å².